The lowest BCUT2D eigenvalue weighted by atomic mass is 9.89. The molecule has 2 atom stereocenters. The van der Waals surface area contributed by atoms with E-state index in [4.69, 9.17) is 4.74 Å². The van der Waals surface area contributed by atoms with Crippen molar-refractivity contribution in [1.29, 1.82) is 0 Å². The number of halogens is 3. The third kappa shape index (κ3) is 5.28. The zero-order chi connectivity index (χ0) is 24.1. The van der Waals surface area contributed by atoms with Crippen LogP contribution in [-0.2, 0) is 11.2 Å². The summed E-state index contributed by atoms with van der Waals surface area (Å²) in [5.74, 6) is -1.77. The Balaban J connectivity index is 1.50. The van der Waals surface area contributed by atoms with E-state index in [0.717, 1.165) is 36.8 Å². The van der Waals surface area contributed by atoms with Crippen LogP contribution in [0.15, 0.2) is 66.7 Å². The second-order valence-corrected chi connectivity index (χ2v) is 8.99. The van der Waals surface area contributed by atoms with Gasteiger partial charge >= 0.3 is 0 Å². The maximum atomic E-state index is 15.0. The predicted molar refractivity (Wildman–Crippen MR) is 132 cm³/mol. The smallest absolute Gasteiger partial charge is 0.166 e. The number of hydrogen-bond donors (Lipinski definition) is 0. The lowest BCUT2D eigenvalue weighted by molar-refractivity contribution is 0.0319. The fourth-order valence-electron chi connectivity index (χ4n) is 4.64. The molecule has 1 aliphatic rings. The molecule has 0 aromatic heterocycles. The summed E-state index contributed by atoms with van der Waals surface area (Å²) in [4.78, 5) is 0. The van der Waals surface area contributed by atoms with Crippen molar-refractivity contribution < 1.29 is 17.9 Å². The Bertz CT molecular complexity index is 1140. The summed E-state index contributed by atoms with van der Waals surface area (Å²) in [6.45, 7) is 4.51. The molecular weight excluding hydrogens is 433 g/mol. The molecule has 1 saturated heterocycles. The monoisotopic (exact) mass is 464 g/mol. The molecule has 1 heterocycles. The zero-order valence-electron chi connectivity index (χ0n) is 19.8. The maximum Gasteiger partial charge on any atom is 0.166 e. The van der Waals surface area contributed by atoms with Crippen molar-refractivity contribution >= 4 is 0 Å². The Morgan fingerprint density at radius 1 is 0.882 bits per heavy atom. The lowest BCUT2D eigenvalue weighted by Gasteiger charge is -2.28. The third-order valence-corrected chi connectivity index (χ3v) is 6.65. The molecule has 0 radical (unpaired) electrons. The van der Waals surface area contributed by atoms with Gasteiger partial charge in [0.2, 0.25) is 0 Å². The second kappa shape index (κ2) is 11.1. The Morgan fingerprint density at radius 3 is 2.26 bits per heavy atom. The van der Waals surface area contributed by atoms with E-state index in [-0.39, 0.29) is 23.4 Å². The third-order valence-electron chi connectivity index (χ3n) is 6.65. The molecule has 4 rings (SSSR count). The minimum Gasteiger partial charge on any atom is -0.374 e. The average Bonchev–Trinajstić information content (AvgIpc) is 2.86. The molecule has 1 fully saturated rings. The topological polar surface area (TPSA) is 9.23 Å². The fraction of sp³-hybridized carbons (Fsp3) is 0.333. The number of unbranched alkanes of at least 4 members (excludes halogenated alkanes) is 1. The van der Waals surface area contributed by atoms with Crippen LogP contribution in [0.4, 0.5) is 13.2 Å². The van der Waals surface area contributed by atoms with Gasteiger partial charge in [0, 0.05) is 11.5 Å². The average molecular weight is 465 g/mol. The molecule has 0 bridgehead atoms. The zero-order valence-corrected chi connectivity index (χ0v) is 19.8. The van der Waals surface area contributed by atoms with Crippen molar-refractivity contribution in [3.05, 3.63) is 95.3 Å². The molecule has 1 aliphatic heterocycles. The van der Waals surface area contributed by atoms with Crippen LogP contribution in [0.25, 0.3) is 22.3 Å². The molecule has 0 spiro atoms. The van der Waals surface area contributed by atoms with Gasteiger partial charge in [-0.25, -0.2) is 13.2 Å². The highest BCUT2D eigenvalue weighted by atomic mass is 19.2. The lowest BCUT2D eigenvalue weighted by Crippen LogP contribution is -2.23. The van der Waals surface area contributed by atoms with E-state index >= 15 is 0 Å². The number of rotatable bonds is 7. The summed E-state index contributed by atoms with van der Waals surface area (Å²) < 4.78 is 50.0. The maximum absolute atomic E-state index is 15.0. The summed E-state index contributed by atoms with van der Waals surface area (Å²) in [6.07, 6.45) is 8.20. The number of hydrogen-bond acceptors (Lipinski definition) is 1. The van der Waals surface area contributed by atoms with Gasteiger partial charge in [-0.3, -0.25) is 0 Å². The quantitative estimate of drug-likeness (QED) is 0.318. The molecule has 0 aliphatic carbocycles. The van der Waals surface area contributed by atoms with Gasteiger partial charge in [0.25, 0.3) is 0 Å². The van der Waals surface area contributed by atoms with E-state index in [1.165, 1.54) is 0 Å². The normalized spacial score (nSPS) is 18.5. The van der Waals surface area contributed by atoms with E-state index < -0.39 is 11.6 Å². The molecule has 3 aromatic carbocycles. The number of allylic oxidation sites excluding steroid dienone is 1. The summed E-state index contributed by atoms with van der Waals surface area (Å²) in [5.41, 5.74) is 3.49. The van der Waals surface area contributed by atoms with Gasteiger partial charge < -0.3 is 4.74 Å². The molecule has 34 heavy (non-hydrogen) atoms. The van der Waals surface area contributed by atoms with Crippen LogP contribution in [0.2, 0.25) is 0 Å². The molecule has 178 valence electrons. The summed E-state index contributed by atoms with van der Waals surface area (Å²) in [5, 5.41) is 0. The van der Waals surface area contributed by atoms with Crippen molar-refractivity contribution in [2.24, 2.45) is 0 Å². The van der Waals surface area contributed by atoms with Gasteiger partial charge in [-0.15, -0.1) is 0 Å². The highest BCUT2D eigenvalue weighted by Crippen LogP contribution is 2.34. The van der Waals surface area contributed by atoms with Crippen LogP contribution in [-0.4, -0.2) is 12.7 Å². The van der Waals surface area contributed by atoms with Crippen molar-refractivity contribution in [2.45, 2.75) is 58.0 Å². The highest BCUT2D eigenvalue weighted by Gasteiger charge is 2.24. The standard InChI is InChI=1S/C30H31F3O/c1-3-5-7-22-13-17-27(30(33)29(22)32)21-10-8-20(9-11-21)23-14-16-26(28(31)18-23)24-12-15-25(6-4-2)34-19-24/h4,6,8-11,13-14,16-18,24-25H,3,5,7,12,15,19H2,1-2H3. The van der Waals surface area contributed by atoms with E-state index in [9.17, 15) is 13.2 Å². The number of ether oxygens (including phenoxy) is 1. The van der Waals surface area contributed by atoms with E-state index in [2.05, 4.69) is 0 Å². The van der Waals surface area contributed by atoms with Gasteiger partial charge in [0.05, 0.1) is 12.7 Å². The molecular formula is C30H31F3O. The van der Waals surface area contributed by atoms with Crippen LogP contribution < -0.4 is 0 Å². The van der Waals surface area contributed by atoms with E-state index in [1.807, 2.05) is 50.3 Å². The minimum atomic E-state index is -0.817. The fourth-order valence-corrected chi connectivity index (χ4v) is 4.64. The van der Waals surface area contributed by atoms with Gasteiger partial charge in [0.15, 0.2) is 11.6 Å². The Kier molecular flexibility index (Phi) is 7.89. The van der Waals surface area contributed by atoms with Gasteiger partial charge in [0.1, 0.15) is 5.82 Å². The molecule has 0 saturated carbocycles. The van der Waals surface area contributed by atoms with Crippen LogP contribution in [0, 0.1) is 17.5 Å². The SMILES string of the molecule is CC=CC1CCC(c2ccc(-c3ccc(-c4ccc(CCCC)c(F)c4F)cc3)cc2F)CO1. The molecule has 4 heteroatoms. The molecule has 2 unspecified atom stereocenters. The first-order valence-electron chi connectivity index (χ1n) is 12.1. The van der Waals surface area contributed by atoms with Gasteiger partial charge in [-0.1, -0.05) is 74.0 Å². The summed E-state index contributed by atoms with van der Waals surface area (Å²) in [7, 11) is 0. The Morgan fingerprint density at radius 2 is 1.62 bits per heavy atom. The van der Waals surface area contributed by atoms with Crippen molar-refractivity contribution in [2.75, 3.05) is 6.61 Å². The van der Waals surface area contributed by atoms with E-state index in [0.29, 0.717) is 29.7 Å². The molecule has 0 N–H and O–H groups in total. The molecule has 0 amide bonds. The van der Waals surface area contributed by atoms with Crippen LogP contribution in [0.5, 0.6) is 0 Å². The van der Waals surface area contributed by atoms with Crippen LogP contribution in [0.1, 0.15) is 56.6 Å². The molecule has 3 aromatic rings. The van der Waals surface area contributed by atoms with Crippen molar-refractivity contribution in [3.8, 4) is 22.3 Å². The van der Waals surface area contributed by atoms with Crippen molar-refractivity contribution in [3.63, 3.8) is 0 Å². The summed E-state index contributed by atoms with van der Waals surface area (Å²) >= 11 is 0. The minimum absolute atomic E-state index is 0.0519. The Labute approximate surface area is 200 Å². The highest BCUT2D eigenvalue weighted by molar-refractivity contribution is 5.71. The number of benzene rings is 3. The van der Waals surface area contributed by atoms with Crippen LogP contribution >= 0.6 is 0 Å². The van der Waals surface area contributed by atoms with Crippen molar-refractivity contribution in [1.82, 2.24) is 0 Å². The second-order valence-electron chi connectivity index (χ2n) is 8.99. The largest absolute Gasteiger partial charge is 0.374 e. The first-order valence-corrected chi connectivity index (χ1v) is 12.1. The Hall–Kier alpha value is -2.85. The van der Waals surface area contributed by atoms with E-state index in [1.54, 1.807) is 30.3 Å². The van der Waals surface area contributed by atoms with Gasteiger partial charge in [-0.2, -0.15) is 0 Å². The first kappa shape index (κ1) is 24.3. The van der Waals surface area contributed by atoms with Gasteiger partial charge in [-0.05, 0) is 66.5 Å². The predicted octanol–water partition coefficient (Wildman–Crippen LogP) is 8.62. The first-order chi connectivity index (χ1) is 16.5. The van der Waals surface area contributed by atoms with Crippen LogP contribution in [0.3, 0.4) is 0 Å². The number of aryl methyl sites for hydroxylation is 1. The molecule has 1 nitrogen and oxygen atoms in total. The summed E-state index contributed by atoms with van der Waals surface area (Å²) in [6, 6.07) is 15.7.